The molecule has 13 nitrogen and oxygen atoms in total. The van der Waals surface area contributed by atoms with E-state index >= 15 is 0 Å². The normalized spacial score (nSPS) is 22.8. The van der Waals surface area contributed by atoms with Crippen LogP contribution in [0.3, 0.4) is 0 Å². The van der Waals surface area contributed by atoms with Crippen molar-refractivity contribution in [1.29, 1.82) is 0 Å². The van der Waals surface area contributed by atoms with Gasteiger partial charge in [0, 0.05) is 19.5 Å². The second-order valence-corrected chi connectivity index (χ2v) is 12.2. The van der Waals surface area contributed by atoms with Gasteiger partial charge in [-0.2, -0.15) is 9.97 Å². The van der Waals surface area contributed by atoms with Crippen LogP contribution in [0.25, 0.3) is 11.2 Å². The topological polar surface area (TPSA) is 165 Å². The third-order valence-electron chi connectivity index (χ3n) is 7.12. The molecular weight excluding hydrogens is 554 g/mol. The molecule has 0 spiro atoms. The first-order valence-corrected chi connectivity index (χ1v) is 14.7. The van der Waals surface area contributed by atoms with E-state index in [1.807, 2.05) is 65.8 Å². The van der Waals surface area contributed by atoms with Crippen molar-refractivity contribution in [3.63, 3.8) is 0 Å². The number of nitrogens with two attached hydrogens (primary N) is 1. The van der Waals surface area contributed by atoms with E-state index in [4.69, 9.17) is 24.7 Å². The van der Waals surface area contributed by atoms with E-state index in [2.05, 4.69) is 25.6 Å². The highest BCUT2D eigenvalue weighted by molar-refractivity contribution is 5.84. The average Bonchev–Trinajstić information content (AvgIpc) is 3.58. The molecule has 5 rings (SSSR count). The van der Waals surface area contributed by atoms with Gasteiger partial charge >= 0.3 is 5.97 Å². The zero-order valence-corrected chi connectivity index (χ0v) is 25.5. The number of imidazole rings is 1. The molecular formula is C30H41N7O6. The Kier molecular flexibility index (Phi) is 8.59. The zero-order valence-electron chi connectivity index (χ0n) is 25.5. The number of anilines is 2. The van der Waals surface area contributed by atoms with Crippen molar-refractivity contribution in [1.82, 2.24) is 24.8 Å². The Balaban J connectivity index is 1.24. The second-order valence-electron chi connectivity index (χ2n) is 12.2. The van der Waals surface area contributed by atoms with Crippen LogP contribution in [-0.2, 0) is 41.4 Å². The standard InChI is InChI=1S/C30H41N7O6/c1-7-32-26(39)22-21-23(43-30(5,6)42-21)27(40-22)37-16-34-20-24(31)35-28(36-25(20)37)33-15-14-18-10-8-17(9-11-18)12-13-19(38)41-29(2,3)4/h8-11,16,21-23,27H,7,12-15H2,1-6H3,(H,32,39)(H3,31,33,35,36)/t21?,22-,23?,27+/m0/s1. The summed E-state index contributed by atoms with van der Waals surface area (Å²) >= 11 is 0. The van der Waals surface area contributed by atoms with Gasteiger partial charge in [-0.15, -0.1) is 0 Å². The minimum atomic E-state index is -0.879. The van der Waals surface area contributed by atoms with Crippen LogP contribution in [-0.4, -0.2) is 74.2 Å². The molecule has 1 aromatic carbocycles. The monoisotopic (exact) mass is 595 g/mol. The van der Waals surface area contributed by atoms with Gasteiger partial charge in [-0.25, -0.2) is 4.98 Å². The van der Waals surface area contributed by atoms with E-state index in [0.29, 0.717) is 43.0 Å². The van der Waals surface area contributed by atoms with Crippen LogP contribution in [0, 0.1) is 0 Å². The average molecular weight is 596 g/mol. The van der Waals surface area contributed by atoms with Crippen molar-refractivity contribution >= 4 is 34.8 Å². The fourth-order valence-electron chi connectivity index (χ4n) is 5.32. The van der Waals surface area contributed by atoms with E-state index in [1.165, 1.54) is 0 Å². The van der Waals surface area contributed by atoms with Gasteiger partial charge in [0.1, 0.15) is 23.3 Å². The number of hydrogen-bond donors (Lipinski definition) is 3. The molecule has 0 saturated carbocycles. The number of amides is 1. The molecule has 3 aromatic rings. The van der Waals surface area contributed by atoms with Crippen LogP contribution in [0.2, 0.25) is 0 Å². The number of fused-ring (bicyclic) bond motifs is 2. The number of likely N-dealkylation sites (N-methyl/N-ethyl adjacent to an activating group) is 1. The minimum absolute atomic E-state index is 0.201. The highest BCUT2D eigenvalue weighted by atomic mass is 16.8. The van der Waals surface area contributed by atoms with Gasteiger partial charge in [0.25, 0.3) is 5.91 Å². The number of nitrogens with one attached hydrogen (secondary N) is 2. The Morgan fingerprint density at radius 3 is 2.42 bits per heavy atom. The third-order valence-corrected chi connectivity index (χ3v) is 7.12. The number of rotatable bonds is 10. The van der Waals surface area contributed by atoms with E-state index in [9.17, 15) is 9.59 Å². The molecule has 0 aliphatic carbocycles. The number of nitrogens with zero attached hydrogens (tertiary/aromatic N) is 4. The number of carbonyl (C=O) groups excluding carboxylic acids is 2. The SMILES string of the molecule is CCNC(=O)[C@H]1O[C@@H](n2cnc3c(N)nc(NCCc4ccc(CCC(=O)OC(C)(C)C)cc4)nc32)C2OC(C)(C)OC21. The minimum Gasteiger partial charge on any atom is -0.460 e. The summed E-state index contributed by atoms with van der Waals surface area (Å²) < 4.78 is 25.5. The molecule has 4 heterocycles. The van der Waals surface area contributed by atoms with Gasteiger partial charge in [-0.1, -0.05) is 24.3 Å². The van der Waals surface area contributed by atoms with Gasteiger partial charge in [0.05, 0.1) is 6.33 Å². The molecule has 4 atom stereocenters. The van der Waals surface area contributed by atoms with Crippen molar-refractivity contribution in [3.05, 3.63) is 41.7 Å². The van der Waals surface area contributed by atoms with Gasteiger partial charge in [-0.3, -0.25) is 14.2 Å². The van der Waals surface area contributed by atoms with E-state index in [1.54, 1.807) is 10.9 Å². The summed E-state index contributed by atoms with van der Waals surface area (Å²) in [6.07, 6.45) is 0.544. The molecule has 4 N–H and O–H groups in total. The number of benzene rings is 1. The summed E-state index contributed by atoms with van der Waals surface area (Å²) in [7, 11) is 0. The molecule has 13 heteroatoms. The van der Waals surface area contributed by atoms with Gasteiger partial charge in [-0.05, 0) is 65.5 Å². The second kappa shape index (κ2) is 12.1. The Hall–Kier alpha value is -3.81. The smallest absolute Gasteiger partial charge is 0.306 e. The fourth-order valence-corrected chi connectivity index (χ4v) is 5.32. The van der Waals surface area contributed by atoms with Crippen LogP contribution in [0.1, 0.15) is 65.3 Å². The number of carbonyl (C=O) groups is 2. The van der Waals surface area contributed by atoms with Crippen LogP contribution in [0.4, 0.5) is 11.8 Å². The van der Waals surface area contributed by atoms with Crippen LogP contribution < -0.4 is 16.4 Å². The maximum atomic E-state index is 12.8. The summed E-state index contributed by atoms with van der Waals surface area (Å²) in [6.45, 7) is 12.1. The molecule has 232 valence electrons. The number of ether oxygens (including phenoxy) is 4. The Morgan fingerprint density at radius 2 is 1.74 bits per heavy atom. The molecule has 0 radical (unpaired) electrons. The first kappa shape index (κ1) is 30.6. The molecule has 2 aromatic heterocycles. The lowest BCUT2D eigenvalue weighted by Gasteiger charge is -2.24. The molecule has 2 aliphatic heterocycles. The van der Waals surface area contributed by atoms with Crippen LogP contribution in [0.5, 0.6) is 0 Å². The van der Waals surface area contributed by atoms with Gasteiger partial charge < -0.3 is 35.3 Å². The lowest BCUT2D eigenvalue weighted by molar-refractivity contribution is -0.197. The number of hydrogen-bond acceptors (Lipinski definition) is 11. The van der Waals surface area contributed by atoms with Crippen molar-refractivity contribution in [2.24, 2.45) is 0 Å². The molecule has 1 amide bonds. The predicted octanol–water partition coefficient (Wildman–Crippen LogP) is 2.89. The van der Waals surface area contributed by atoms with Crippen LogP contribution >= 0.6 is 0 Å². The summed E-state index contributed by atoms with van der Waals surface area (Å²) in [5, 5.41) is 6.06. The van der Waals surface area contributed by atoms with E-state index in [-0.39, 0.29) is 17.7 Å². The maximum Gasteiger partial charge on any atom is 0.306 e. The Bertz CT molecular complexity index is 1470. The third kappa shape index (κ3) is 7.06. The Labute approximate surface area is 250 Å². The molecule has 2 aliphatic rings. The van der Waals surface area contributed by atoms with Gasteiger partial charge in [0.2, 0.25) is 5.95 Å². The van der Waals surface area contributed by atoms with E-state index < -0.39 is 35.9 Å². The molecule has 2 saturated heterocycles. The molecule has 0 bridgehead atoms. The fraction of sp³-hybridized carbons (Fsp3) is 0.567. The first-order chi connectivity index (χ1) is 20.3. The molecule has 2 unspecified atom stereocenters. The Morgan fingerprint density at radius 1 is 1.07 bits per heavy atom. The highest BCUT2D eigenvalue weighted by Crippen LogP contribution is 2.44. The summed E-state index contributed by atoms with van der Waals surface area (Å²) in [6, 6.07) is 8.14. The number of esters is 1. The maximum absolute atomic E-state index is 12.8. The quantitative estimate of drug-likeness (QED) is 0.295. The lowest BCUT2D eigenvalue weighted by atomic mass is 10.1. The lowest BCUT2D eigenvalue weighted by Crippen LogP contribution is -2.42. The summed E-state index contributed by atoms with van der Waals surface area (Å²) in [5.41, 5.74) is 8.85. The largest absolute Gasteiger partial charge is 0.460 e. The van der Waals surface area contributed by atoms with Crippen molar-refractivity contribution in [3.8, 4) is 0 Å². The predicted molar refractivity (Wildman–Crippen MR) is 159 cm³/mol. The number of nitrogen functional groups attached to an aromatic ring is 1. The number of aromatic nitrogens is 4. The highest BCUT2D eigenvalue weighted by Gasteiger charge is 2.58. The zero-order chi connectivity index (χ0) is 30.9. The summed E-state index contributed by atoms with van der Waals surface area (Å²) in [5.74, 6) is -0.778. The van der Waals surface area contributed by atoms with Crippen molar-refractivity contribution in [2.75, 3.05) is 24.1 Å². The van der Waals surface area contributed by atoms with Crippen molar-refractivity contribution < 1.29 is 28.5 Å². The first-order valence-electron chi connectivity index (χ1n) is 14.7. The van der Waals surface area contributed by atoms with Crippen LogP contribution in [0.15, 0.2) is 30.6 Å². The summed E-state index contributed by atoms with van der Waals surface area (Å²) in [4.78, 5) is 38.3. The number of aryl methyl sites for hydroxylation is 1. The van der Waals surface area contributed by atoms with E-state index in [0.717, 1.165) is 17.5 Å². The molecule has 2 fully saturated rings. The van der Waals surface area contributed by atoms with Crippen molar-refractivity contribution in [2.45, 2.75) is 96.7 Å². The molecule has 43 heavy (non-hydrogen) atoms. The van der Waals surface area contributed by atoms with Gasteiger partial charge in [0.15, 0.2) is 29.6 Å².